The first-order valence-corrected chi connectivity index (χ1v) is 6.77. The van der Waals surface area contributed by atoms with Gasteiger partial charge in [-0.3, -0.25) is 14.7 Å². The molecule has 2 N–H and O–H groups in total. The summed E-state index contributed by atoms with van der Waals surface area (Å²) >= 11 is 0. The molecule has 1 amide bonds. The minimum Gasteiger partial charge on any atom is -0.382 e. The first-order valence-electron chi connectivity index (χ1n) is 6.77. The van der Waals surface area contributed by atoms with Crippen molar-refractivity contribution >= 4 is 11.7 Å². The molecule has 2 aliphatic heterocycles. The van der Waals surface area contributed by atoms with E-state index in [1.165, 1.54) is 25.2 Å². The van der Waals surface area contributed by atoms with E-state index in [4.69, 9.17) is 5.73 Å². The fourth-order valence-corrected chi connectivity index (χ4v) is 3.10. The normalized spacial score (nSPS) is 27.3. The average molecular weight is 261 g/mol. The molecule has 6 nitrogen and oxygen atoms in total. The van der Waals surface area contributed by atoms with E-state index in [1.807, 2.05) is 4.90 Å². The van der Waals surface area contributed by atoms with Crippen LogP contribution in [0, 0.1) is 0 Å². The van der Waals surface area contributed by atoms with Gasteiger partial charge in [-0.05, 0) is 26.3 Å². The number of nitrogens with zero attached hydrogens (tertiary/aromatic N) is 4. The van der Waals surface area contributed by atoms with Gasteiger partial charge < -0.3 is 10.6 Å². The minimum absolute atomic E-state index is 0.0566. The summed E-state index contributed by atoms with van der Waals surface area (Å²) in [4.78, 5) is 24.9. The molecule has 1 aromatic rings. The summed E-state index contributed by atoms with van der Waals surface area (Å²) in [5.41, 5.74) is 5.94. The molecule has 0 aromatic carbocycles. The van der Waals surface area contributed by atoms with Crippen LogP contribution in [0.2, 0.25) is 0 Å². The van der Waals surface area contributed by atoms with Crippen molar-refractivity contribution in [2.75, 3.05) is 25.4 Å². The number of amides is 1. The molecule has 1 aromatic heterocycles. The number of piperazine rings is 1. The van der Waals surface area contributed by atoms with Crippen LogP contribution in [0.3, 0.4) is 0 Å². The predicted molar refractivity (Wildman–Crippen MR) is 71.5 cm³/mol. The highest BCUT2D eigenvalue weighted by Gasteiger charge is 2.37. The van der Waals surface area contributed by atoms with Crippen LogP contribution in [0.4, 0.5) is 5.82 Å². The van der Waals surface area contributed by atoms with Crippen molar-refractivity contribution in [3.05, 3.63) is 18.1 Å². The monoisotopic (exact) mass is 261 g/mol. The number of rotatable bonds is 1. The van der Waals surface area contributed by atoms with Gasteiger partial charge in [-0.15, -0.1) is 0 Å². The lowest BCUT2D eigenvalue weighted by Crippen LogP contribution is -2.56. The Morgan fingerprint density at radius 3 is 3.05 bits per heavy atom. The third-order valence-electron chi connectivity index (χ3n) is 4.07. The van der Waals surface area contributed by atoms with Gasteiger partial charge in [-0.25, -0.2) is 4.98 Å². The zero-order valence-electron chi connectivity index (χ0n) is 11.1. The van der Waals surface area contributed by atoms with Gasteiger partial charge in [-0.2, -0.15) is 0 Å². The fourth-order valence-electron chi connectivity index (χ4n) is 3.10. The predicted octanol–water partition coefficient (Wildman–Crippen LogP) is 0.367. The van der Waals surface area contributed by atoms with Crippen LogP contribution in [0.15, 0.2) is 12.4 Å². The molecule has 0 aliphatic carbocycles. The average Bonchev–Trinajstić information content (AvgIpc) is 2.84. The molecular weight excluding hydrogens is 242 g/mol. The number of nitrogen functional groups attached to an aromatic ring is 1. The highest BCUT2D eigenvalue weighted by molar-refractivity contribution is 5.92. The third kappa shape index (κ3) is 2.28. The maximum atomic E-state index is 12.5. The van der Waals surface area contributed by atoms with Gasteiger partial charge >= 0.3 is 0 Å². The van der Waals surface area contributed by atoms with Crippen molar-refractivity contribution in [1.29, 1.82) is 0 Å². The number of carbonyl (C=O) groups is 1. The number of fused-ring (bicyclic) bond motifs is 1. The van der Waals surface area contributed by atoms with E-state index in [9.17, 15) is 4.79 Å². The van der Waals surface area contributed by atoms with E-state index < -0.39 is 0 Å². The number of nitrogens with two attached hydrogens (primary N) is 1. The van der Waals surface area contributed by atoms with Crippen LogP contribution in [-0.4, -0.2) is 57.4 Å². The molecule has 3 rings (SSSR count). The van der Waals surface area contributed by atoms with Gasteiger partial charge in [0.2, 0.25) is 0 Å². The highest BCUT2D eigenvalue weighted by atomic mass is 16.2. The maximum Gasteiger partial charge on any atom is 0.274 e. The molecule has 3 heterocycles. The third-order valence-corrected chi connectivity index (χ3v) is 4.07. The van der Waals surface area contributed by atoms with Gasteiger partial charge in [0.1, 0.15) is 11.5 Å². The molecule has 19 heavy (non-hydrogen) atoms. The van der Waals surface area contributed by atoms with Crippen molar-refractivity contribution in [2.24, 2.45) is 0 Å². The summed E-state index contributed by atoms with van der Waals surface area (Å²) in [6, 6.07) is 0.722. The van der Waals surface area contributed by atoms with Crippen LogP contribution >= 0.6 is 0 Å². The van der Waals surface area contributed by atoms with Crippen molar-refractivity contribution in [2.45, 2.75) is 31.8 Å². The topological polar surface area (TPSA) is 75.3 Å². The molecule has 102 valence electrons. The molecule has 2 fully saturated rings. The number of hydrogen-bond donors (Lipinski definition) is 1. The smallest absolute Gasteiger partial charge is 0.274 e. The van der Waals surface area contributed by atoms with E-state index in [-0.39, 0.29) is 17.8 Å². The molecular formula is C13H19N5O. The van der Waals surface area contributed by atoms with Crippen LogP contribution in [0.5, 0.6) is 0 Å². The molecule has 2 atom stereocenters. The standard InChI is InChI=1S/C13H19N5O/c1-9-7-17-4-2-3-10(17)8-18(9)13(19)11-5-15-6-12(14)16-11/h5-6,9-10H,2-4,7-8H2,1H3,(H2,14,16). The molecule has 2 saturated heterocycles. The molecule has 6 heteroatoms. The number of aromatic nitrogens is 2. The first kappa shape index (κ1) is 12.3. The number of anilines is 1. The Kier molecular flexibility index (Phi) is 3.10. The lowest BCUT2D eigenvalue weighted by Gasteiger charge is -2.42. The molecule has 2 aliphatic rings. The van der Waals surface area contributed by atoms with Crippen LogP contribution in [0.25, 0.3) is 0 Å². The summed E-state index contributed by atoms with van der Waals surface area (Å²) in [5, 5.41) is 0. The first-order chi connectivity index (χ1) is 9.15. The summed E-state index contributed by atoms with van der Waals surface area (Å²) in [5.74, 6) is 0.233. The largest absolute Gasteiger partial charge is 0.382 e. The second-order valence-electron chi connectivity index (χ2n) is 5.43. The zero-order valence-corrected chi connectivity index (χ0v) is 11.1. The van der Waals surface area contributed by atoms with Gasteiger partial charge in [0.25, 0.3) is 5.91 Å². The van der Waals surface area contributed by atoms with Crippen molar-refractivity contribution in [3.8, 4) is 0 Å². The van der Waals surface area contributed by atoms with Crippen molar-refractivity contribution in [3.63, 3.8) is 0 Å². The summed E-state index contributed by atoms with van der Waals surface area (Å²) in [6.07, 6.45) is 5.36. The SMILES string of the molecule is CC1CN2CCCC2CN1C(=O)c1cncc(N)n1. The van der Waals surface area contributed by atoms with Gasteiger partial charge in [0.05, 0.1) is 12.4 Å². The molecule has 0 bridgehead atoms. The molecule has 0 radical (unpaired) electrons. The maximum absolute atomic E-state index is 12.5. The molecule has 0 saturated carbocycles. The van der Waals surface area contributed by atoms with Crippen LogP contribution < -0.4 is 5.73 Å². The van der Waals surface area contributed by atoms with E-state index in [2.05, 4.69) is 21.8 Å². The Morgan fingerprint density at radius 1 is 1.42 bits per heavy atom. The lowest BCUT2D eigenvalue weighted by molar-refractivity contribution is 0.0390. The number of hydrogen-bond acceptors (Lipinski definition) is 5. The molecule has 2 unspecified atom stereocenters. The number of carbonyl (C=O) groups excluding carboxylic acids is 1. The van der Waals surface area contributed by atoms with Crippen molar-refractivity contribution in [1.82, 2.24) is 19.8 Å². The fraction of sp³-hybridized carbons (Fsp3) is 0.615. The lowest BCUT2D eigenvalue weighted by atomic mass is 10.1. The molecule has 0 spiro atoms. The second-order valence-corrected chi connectivity index (χ2v) is 5.43. The summed E-state index contributed by atoms with van der Waals surface area (Å²) in [7, 11) is 0. The minimum atomic E-state index is -0.0566. The van der Waals surface area contributed by atoms with Crippen LogP contribution in [0.1, 0.15) is 30.3 Å². The van der Waals surface area contributed by atoms with Gasteiger partial charge in [0, 0.05) is 25.2 Å². The Morgan fingerprint density at radius 2 is 2.26 bits per heavy atom. The van der Waals surface area contributed by atoms with Crippen LogP contribution in [-0.2, 0) is 0 Å². The van der Waals surface area contributed by atoms with Gasteiger partial charge in [-0.1, -0.05) is 0 Å². The Balaban J connectivity index is 1.79. The van der Waals surface area contributed by atoms with E-state index in [0.29, 0.717) is 11.7 Å². The van der Waals surface area contributed by atoms with Gasteiger partial charge in [0.15, 0.2) is 0 Å². The quantitative estimate of drug-likeness (QED) is 0.790. The van der Waals surface area contributed by atoms with E-state index in [1.54, 1.807) is 0 Å². The second kappa shape index (κ2) is 4.77. The van der Waals surface area contributed by atoms with E-state index >= 15 is 0 Å². The summed E-state index contributed by atoms with van der Waals surface area (Å²) < 4.78 is 0. The Bertz CT molecular complexity index is 492. The highest BCUT2D eigenvalue weighted by Crippen LogP contribution is 2.25. The summed E-state index contributed by atoms with van der Waals surface area (Å²) in [6.45, 7) is 4.99. The van der Waals surface area contributed by atoms with Crippen molar-refractivity contribution < 1.29 is 4.79 Å². The van der Waals surface area contributed by atoms with E-state index in [0.717, 1.165) is 19.6 Å². The Hall–Kier alpha value is -1.69. The Labute approximate surface area is 112 Å². The zero-order chi connectivity index (χ0) is 13.4.